The van der Waals surface area contributed by atoms with Gasteiger partial charge in [0.1, 0.15) is 6.72 Å². The van der Waals surface area contributed by atoms with Crippen molar-refractivity contribution in [2.45, 2.75) is 25.8 Å². The van der Waals surface area contributed by atoms with E-state index in [-0.39, 0.29) is 35.6 Å². The molecule has 2 atom stereocenters. The monoisotopic (exact) mass is 357 g/mol. The number of nitrogens with one attached hydrogen (secondary N) is 1. The van der Waals surface area contributed by atoms with E-state index in [1.807, 2.05) is 67.6 Å². The van der Waals surface area contributed by atoms with Crippen LogP contribution in [0.3, 0.4) is 0 Å². The van der Waals surface area contributed by atoms with Crippen LogP contribution < -0.4 is 39.5 Å². The molecule has 0 aliphatic rings. The van der Waals surface area contributed by atoms with E-state index in [0.717, 1.165) is 28.9 Å². The number of hydrogen-bond donors (Lipinski definition) is 1. The Labute approximate surface area is 164 Å². The Bertz CT molecular complexity index is 613. The predicted octanol–water partition coefficient (Wildman–Crippen LogP) is 1.18. The molecule has 0 aromatic heterocycles. The van der Waals surface area contributed by atoms with Crippen molar-refractivity contribution in [2.75, 3.05) is 5.75 Å². The Hall–Kier alpha value is -0.0600. The first-order valence-corrected chi connectivity index (χ1v) is 10.6. The molecule has 0 fully saturated rings. The Balaban J connectivity index is 0.00000264. The summed E-state index contributed by atoms with van der Waals surface area (Å²) in [5.41, 5.74) is 2.10. The van der Waals surface area contributed by atoms with Gasteiger partial charge >= 0.3 is 29.6 Å². The molecule has 23 heavy (non-hydrogen) atoms. The second-order valence-electron chi connectivity index (χ2n) is 5.11. The quantitative estimate of drug-likeness (QED) is 0.569. The molecule has 1 N–H and O–H groups in total. The van der Waals surface area contributed by atoms with Crippen LogP contribution in [-0.2, 0) is 11.0 Å². The van der Waals surface area contributed by atoms with Crippen molar-refractivity contribution >= 4 is 18.1 Å². The molecule has 0 heterocycles. The molecule has 6 heteroatoms. The molecule has 0 amide bonds. The third-order valence-corrected chi connectivity index (χ3v) is 6.71. The van der Waals surface area contributed by atoms with Crippen molar-refractivity contribution in [3.63, 3.8) is 0 Å². The zero-order chi connectivity index (χ0) is 15.8. The van der Waals surface area contributed by atoms with E-state index in [4.69, 9.17) is 0 Å². The van der Waals surface area contributed by atoms with Gasteiger partial charge in [0.15, 0.2) is 0 Å². The standard InChI is InChI=1S/C17H22NO2PS.Na/c1-2-13-22-21(19,20)18-17(16-11-7-4-8-12-16)14-15-9-5-3-6-10-15;/h3-12,17H,2,13-14H2,1H3,(H2,18,19,20);/q;+1/p-1. The van der Waals surface area contributed by atoms with Crippen molar-refractivity contribution < 1.29 is 39.0 Å². The molecule has 0 bridgehead atoms. The maximum atomic E-state index is 12.2. The van der Waals surface area contributed by atoms with E-state index in [1.165, 1.54) is 0 Å². The number of rotatable bonds is 8. The first-order valence-electron chi connectivity index (χ1n) is 7.43. The smallest absolute Gasteiger partial charge is 0.780 e. The molecule has 2 rings (SSSR count). The summed E-state index contributed by atoms with van der Waals surface area (Å²) in [6.07, 6.45) is 1.48. The van der Waals surface area contributed by atoms with Crippen LogP contribution >= 0.6 is 18.1 Å². The van der Waals surface area contributed by atoms with Crippen molar-refractivity contribution in [1.82, 2.24) is 5.09 Å². The van der Waals surface area contributed by atoms with Gasteiger partial charge in [-0.05, 0) is 24.0 Å². The Morgan fingerprint density at radius 1 is 1.09 bits per heavy atom. The molecule has 0 radical (unpaired) electrons. The Morgan fingerprint density at radius 2 is 1.65 bits per heavy atom. The Kier molecular flexibility index (Phi) is 9.79. The molecule has 2 aromatic carbocycles. The van der Waals surface area contributed by atoms with E-state index in [9.17, 15) is 9.46 Å². The zero-order valence-corrected chi connectivity index (χ0v) is 17.4. The molecule has 2 unspecified atom stereocenters. The fraction of sp³-hybridized carbons (Fsp3) is 0.294. The van der Waals surface area contributed by atoms with Gasteiger partial charge in [0, 0.05) is 11.8 Å². The Morgan fingerprint density at radius 3 is 2.22 bits per heavy atom. The van der Waals surface area contributed by atoms with Gasteiger partial charge in [-0.3, -0.25) is 5.09 Å². The molecule has 0 saturated carbocycles. The van der Waals surface area contributed by atoms with Crippen molar-refractivity contribution in [1.29, 1.82) is 0 Å². The van der Waals surface area contributed by atoms with Gasteiger partial charge in [-0.15, -0.1) is 0 Å². The second kappa shape index (κ2) is 10.7. The van der Waals surface area contributed by atoms with Crippen molar-refractivity contribution in [3.05, 3.63) is 71.8 Å². The second-order valence-corrected chi connectivity index (χ2v) is 9.25. The van der Waals surface area contributed by atoms with Gasteiger partial charge in [0.25, 0.3) is 0 Å². The number of hydrogen-bond acceptors (Lipinski definition) is 3. The molecular weight excluding hydrogens is 336 g/mol. The van der Waals surface area contributed by atoms with Crippen LogP contribution in [0.2, 0.25) is 0 Å². The normalized spacial score (nSPS) is 14.5. The summed E-state index contributed by atoms with van der Waals surface area (Å²) in [6.45, 7) is -1.67. The largest absolute Gasteiger partial charge is 1.00 e. The maximum Gasteiger partial charge on any atom is 1.00 e. The summed E-state index contributed by atoms with van der Waals surface area (Å²) < 4.78 is 12.2. The van der Waals surface area contributed by atoms with Gasteiger partial charge in [0.05, 0.1) is 0 Å². The SMILES string of the molecule is CCCSP(=O)([O-])NC(Cc1ccccc1)c1ccccc1.[Na+]. The number of benzene rings is 2. The van der Waals surface area contributed by atoms with Gasteiger partial charge in [0.2, 0.25) is 0 Å². The molecule has 0 aliphatic heterocycles. The predicted molar refractivity (Wildman–Crippen MR) is 92.8 cm³/mol. The summed E-state index contributed by atoms with van der Waals surface area (Å²) in [6, 6.07) is 19.4. The van der Waals surface area contributed by atoms with Crippen LogP contribution in [0.5, 0.6) is 0 Å². The van der Waals surface area contributed by atoms with Gasteiger partial charge < -0.3 is 9.46 Å². The van der Waals surface area contributed by atoms with Crippen LogP contribution in [0, 0.1) is 0 Å². The molecule has 0 aliphatic carbocycles. The molecular formula is C17H21NNaO2PS. The average Bonchev–Trinajstić information content (AvgIpc) is 2.54. The topological polar surface area (TPSA) is 52.2 Å². The molecule has 0 spiro atoms. The van der Waals surface area contributed by atoms with Crippen molar-refractivity contribution in [2.24, 2.45) is 0 Å². The third kappa shape index (κ3) is 7.57. The summed E-state index contributed by atoms with van der Waals surface area (Å²) in [5.74, 6) is 0.612. The van der Waals surface area contributed by atoms with Crippen LogP contribution in [0.1, 0.15) is 30.5 Å². The average molecular weight is 357 g/mol. The molecule has 118 valence electrons. The minimum absolute atomic E-state index is 0. The van der Waals surface area contributed by atoms with E-state index in [2.05, 4.69) is 5.09 Å². The first-order chi connectivity index (χ1) is 10.6. The first kappa shape index (κ1) is 21.0. The maximum absolute atomic E-state index is 12.2. The summed E-state index contributed by atoms with van der Waals surface area (Å²) >= 11 is 1.00. The minimum Gasteiger partial charge on any atom is -0.780 e. The van der Waals surface area contributed by atoms with Gasteiger partial charge in [-0.25, -0.2) is 0 Å². The minimum atomic E-state index is -3.65. The molecule has 0 saturated heterocycles. The van der Waals surface area contributed by atoms with Crippen LogP contribution in [0.4, 0.5) is 0 Å². The fourth-order valence-corrected chi connectivity index (χ4v) is 5.21. The van der Waals surface area contributed by atoms with E-state index in [1.54, 1.807) is 0 Å². The summed E-state index contributed by atoms with van der Waals surface area (Å²) in [4.78, 5) is 12.2. The zero-order valence-electron chi connectivity index (χ0n) is 13.6. The van der Waals surface area contributed by atoms with E-state index >= 15 is 0 Å². The van der Waals surface area contributed by atoms with Crippen LogP contribution in [0.15, 0.2) is 60.7 Å². The molecule has 2 aromatic rings. The molecule has 3 nitrogen and oxygen atoms in total. The van der Waals surface area contributed by atoms with Gasteiger partial charge in [-0.1, -0.05) is 79.0 Å². The fourth-order valence-electron chi connectivity index (χ4n) is 2.21. The van der Waals surface area contributed by atoms with Crippen LogP contribution in [-0.4, -0.2) is 5.75 Å². The summed E-state index contributed by atoms with van der Waals surface area (Å²) in [7, 11) is 0. The van der Waals surface area contributed by atoms with E-state index in [0.29, 0.717) is 12.2 Å². The van der Waals surface area contributed by atoms with Crippen molar-refractivity contribution in [3.8, 4) is 0 Å². The van der Waals surface area contributed by atoms with Gasteiger partial charge in [-0.2, -0.15) is 0 Å². The van der Waals surface area contributed by atoms with E-state index < -0.39 is 6.72 Å². The summed E-state index contributed by atoms with van der Waals surface area (Å²) in [5, 5.41) is 2.86. The third-order valence-electron chi connectivity index (χ3n) is 3.26. The van der Waals surface area contributed by atoms with Crippen LogP contribution in [0.25, 0.3) is 0 Å².